The van der Waals surface area contributed by atoms with Crippen LogP contribution in [0.15, 0.2) is 47.4 Å². The van der Waals surface area contributed by atoms with Crippen LogP contribution in [0.5, 0.6) is 0 Å². The molecule has 220 valence electrons. The molecule has 40 heavy (non-hydrogen) atoms. The SMILES string of the molecule is CC(C)(C)c1cccc(S(=O)(=O)N[C@H](CC(=O)N[C@@H]2CCCc3cc(CN4CCCCC4)ccc32)C(F)(F)F)c1. The van der Waals surface area contributed by atoms with Crippen molar-refractivity contribution >= 4 is 15.9 Å². The van der Waals surface area contributed by atoms with E-state index in [2.05, 4.69) is 16.3 Å². The van der Waals surface area contributed by atoms with Gasteiger partial charge in [-0.3, -0.25) is 9.69 Å². The summed E-state index contributed by atoms with van der Waals surface area (Å²) in [6.07, 6.45) is -0.0245. The Morgan fingerprint density at radius 3 is 2.42 bits per heavy atom. The van der Waals surface area contributed by atoms with Crippen LogP contribution >= 0.6 is 0 Å². The number of piperidine rings is 1. The second kappa shape index (κ2) is 12.2. The van der Waals surface area contributed by atoms with E-state index in [-0.39, 0.29) is 10.3 Å². The van der Waals surface area contributed by atoms with Crippen molar-refractivity contribution in [2.45, 2.75) is 101 Å². The summed E-state index contributed by atoms with van der Waals surface area (Å²) in [5.74, 6) is -0.844. The van der Waals surface area contributed by atoms with Crippen molar-refractivity contribution in [2.75, 3.05) is 13.1 Å². The number of carbonyl (C=O) groups excluding carboxylic acids is 1. The van der Waals surface area contributed by atoms with Crippen molar-refractivity contribution in [1.29, 1.82) is 0 Å². The van der Waals surface area contributed by atoms with Gasteiger partial charge in [-0.05, 0) is 85.0 Å². The van der Waals surface area contributed by atoms with Crippen LogP contribution in [0.3, 0.4) is 0 Å². The maximum Gasteiger partial charge on any atom is 0.405 e. The minimum absolute atomic E-state index is 0.267. The molecule has 0 radical (unpaired) electrons. The smallest absolute Gasteiger partial charge is 0.349 e. The highest BCUT2D eigenvalue weighted by Gasteiger charge is 2.44. The maximum atomic E-state index is 13.9. The lowest BCUT2D eigenvalue weighted by Crippen LogP contribution is -2.48. The third kappa shape index (κ3) is 7.85. The van der Waals surface area contributed by atoms with Crippen LogP contribution in [0, 0.1) is 0 Å². The molecule has 1 heterocycles. The largest absolute Gasteiger partial charge is 0.405 e. The topological polar surface area (TPSA) is 78.5 Å². The van der Waals surface area contributed by atoms with Gasteiger partial charge in [0.15, 0.2) is 0 Å². The number of likely N-dealkylation sites (tertiary alicyclic amines) is 1. The lowest BCUT2D eigenvalue weighted by atomic mass is 9.86. The van der Waals surface area contributed by atoms with Crippen molar-refractivity contribution < 1.29 is 26.4 Å². The van der Waals surface area contributed by atoms with Gasteiger partial charge in [0.05, 0.1) is 17.4 Å². The van der Waals surface area contributed by atoms with Crippen LogP contribution in [0.2, 0.25) is 0 Å². The number of carbonyl (C=O) groups is 1. The quantitative estimate of drug-likeness (QED) is 0.417. The maximum absolute atomic E-state index is 13.9. The summed E-state index contributed by atoms with van der Waals surface area (Å²) in [5.41, 5.74) is 3.52. The van der Waals surface area contributed by atoms with Gasteiger partial charge in [0.25, 0.3) is 0 Å². The van der Waals surface area contributed by atoms with Crippen molar-refractivity contribution in [3.05, 3.63) is 64.7 Å². The zero-order valence-corrected chi connectivity index (χ0v) is 24.3. The molecule has 1 amide bonds. The van der Waals surface area contributed by atoms with E-state index in [0.717, 1.165) is 43.6 Å². The molecule has 0 spiro atoms. The Bertz CT molecular complexity index is 1300. The van der Waals surface area contributed by atoms with Crippen LogP contribution in [0.4, 0.5) is 13.2 Å². The number of nitrogens with zero attached hydrogens (tertiary/aromatic N) is 1. The van der Waals surface area contributed by atoms with E-state index in [1.165, 1.54) is 43.0 Å². The fourth-order valence-electron chi connectivity index (χ4n) is 5.54. The van der Waals surface area contributed by atoms with Crippen molar-refractivity contribution in [1.82, 2.24) is 14.9 Å². The molecule has 0 saturated carbocycles. The molecule has 0 unspecified atom stereocenters. The van der Waals surface area contributed by atoms with E-state index in [1.54, 1.807) is 10.8 Å². The normalized spacial score (nSPS) is 19.6. The van der Waals surface area contributed by atoms with Gasteiger partial charge >= 0.3 is 6.18 Å². The molecule has 1 aliphatic heterocycles. The molecule has 2 atom stereocenters. The molecule has 2 aromatic carbocycles. The molecule has 0 bridgehead atoms. The van der Waals surface area contributed by atoms with E-state index in [0.29, 0.717) is 12.0 Å². The molecule has 1 saturated heterocycles. The molecule has 1 aliphatic carbocycles. The predicted molar refractivity (Wildman–Crippen MR) is 149 cm³/mol. The molecular formula is C30H40F3N3O3S. The molecule has 10 heteroatoms. The standard InChI is InChI=1S/C30H40F3N3O3S/c1-29(2,3)23-10-8-11-24(18-23)40(38,39)35-27(30(31,32)33)19-28(37)34-26-12-7-9-22-17-21(13-14-25(22)26)20-36-15-5-4-6-16-36/h8,10-11,13-14,17-18,26-27,35H,4-7,9,12,15-16,19-20H2,1-3H3,(H,34,37)/t26-,27-/m1/s1. The number of hydrogen-bond donors (Lipinski definition) is 2. The summed E-state index contributed by atoms with van der Waals surface area (Å²) < 4.78 is 69.4. The summed E-state index contributed by atoms with van der Waals surface area (Å²) in [4.78, 5) is 15.0. The fraction of sp³-hybridized carbons (Fsp3) is 0.567. The summed E-state index contributed by atoms with van der Waals surface area (Å²) in [5, 5.41) is 2.75. The highest BCUT2D eigenvalue weighted by molar-refractivity contribution is 7.89. The van der Waals surface area contributed by atoms with Gasteiger partial charge in [0.2, 0.25) is 15.9 Å². The number of rotatable bonds is 8. The summed E-state index contributed by atoms with van der Waals surface area (Å²) >= 11 is 0. The van der Waals surface area contributed by atoms with Gasteiger partial charge in [-0.1, -0.05) is 57.5 Å². The Morgan fingerprint density at radius 2 is 1.75 bits per heavy atom. The van der Waals surface area contributed by atoms with E-state index >= 15 is 0 Å². The number of alkyl halides is 3. The number of fused-ring (bicyclic) bond motifs is 1. The first-order chi connectivity index (χ1) is 18.7. The Morgan fingerprint density at radius 1 is 1.02 bits per heavy atom. The van der Waals surface area contributed by atoms with Crippen LogP contribution < -0.4 is 10.0 Å². The Kier molecular flexibility index (Phi) is 9.31. The highest BCUT2D eigenvalue weighted by atomic mass is 32.2. The summed E-state index contributed by atoms with van der Waals surface area (Å²) in [6, 6.07) is 9.06. The van der Waals surface area contributed by atoms with Crippen LogP contribution in [0.25, 0.3) is 0 Å². The second-order valence-electron chi connectivity index (χ2n) is 12.1. The molecule has 6 nitrogen and oxygen atoms in total. The highest BCUT2D eigenvalue weighted by Crippen LogP contribution is 2.32. The molecular weight excluding hydrogens is 539 g/mol. The number of amides is 1. The Labute approximate surface area is 235 Å². The van der Waals surface area contributed by atoms with E-state index < -0.39 is 40.6 Å². The molecule has 4 rings (SSSR count). The third-order valence-electron chi connectivity index (χ3n) is 7.80. The van der Waals surface area contributed by atoms with Crippen molar-refractivity contribution in [3.8, 4) is 0 Å². The lowest BCUT2D eigenvalue weighted by Gasteiger charge is -2.30. The zero-order valence-electron chi connectivity index (χ0n) is 23.5. The zero-order chi connectivity index (χ0) is 29.1. The molecule has 2 aliphatic rings. The van der Waals surface area contributed by atoms with Gasteiger partial charge in [-0.2, -0.15) is 17.9 Å². The van der Waals surface area contributed by atoms with Crippen molar-refractivity contribution in [2.24, 2.45) is 0 Å². The molecule has 1 fully saturated rings. The van der Waals surface area contributed by atoms with Gasteiger partial charge < -0.3 is 5.32 Å². The minimum atomic E-state index is -4.94. The Balaban J connectivity index is 1.44. The third-order valence-corrected chi connectivity index (χ3v) is 9.27. The number of halogens is 3. The van der Waals surface area contributed by atoms with E-state index in [1.807, 2.05) is 32.9 Å². The number of benzene rings is 2. The Hall–Kier alpha value is -2.43. The van der Waals surface area contributed by atoms with E-state index in [9.17, 15) is 26.4 Å². The fourth-order valence-corrected chi connectivity index (χ4v) is 6.81. The number of sulfonamides is 1. The lowest BCUT2D eigenvalue weighted by molar-refractivity contribution is -0.158. The average Bonchev–Trinajstić information content (AvgIpc) is 2.88. The second-order valence-corrected chi connectivity index (χ2v) is 13.8. The van der Waals surface area contributed by atoms with Gasteiger partial charge in [0.1, 0.15) is 6.04 Å². The van der Waals surface area contributed by atoms with Crippen molar-refractivity contribution in [3.63, 3.8) is 0 Å². The minimum Gasteiger partial charge on any atom is -0.349 e. The first-order valence-electron chi connectivity index (χ1n) is 14.1. The van der Waals surface area contributed by atoms with Crippen LogP contribution in [0.1, 0.15) is 87.6 Å². The van der Waals surface area contributed by atoms with Gasteiger partial charge in [0, 0.05) is 6.54 Å². The van der Waals surface area contributed by atoms with E-state index in [4.69, 9.17) is 0 Å². The van der Waals surface area contributed by atoms with Gasteiger partial charge in [-0.25, -0.2) is 8.42 Å². The number of hydrogen-bond acceptors (Lipinski definition) is 4. The monoisotopic (exact) mass is 579 g/mol. The van der Waals surface area contributed by atoms with Crippen LogP contribution in [-0.4, -0.2) is 44.5 Å². The first-order valence-corrected chi connectivity index (χ1v) is 15.5. The molecule has 0 aromatic heterocycles. The molecule has 2 aromatic rings. The number of aryl methyl sites for hydroxylation is 1. The first kappa shape index (κ1) is 30.5. The summed E-state index contributed by atoms with van der Waals surface area (Å²) in [6.45, 7) is 8.69. The summed E-state index contributed by atoms with van der Waals surface area (Å²) in [7, 11) is -4.52. The average molecular weight is 580 g/mol. The van der Waals surface area contributed by atoms with Crippen LogP contribution in [-0.2, 0) is 33.2 Å². The van der Waals surface area contributed by atoms with Gasteiger partial charge in [-0.15, -0.1) is 0 Å². The molecule has 2 N–H and O–H groups in total. The number of nitrogens with one attached hydrogen (secondary N) is 2. The predicted octanol–water partition coefficient (Wildman–Crippen LogP) is 5.76.